The van der Waals surface area contributed by atoms with Gasteiger partial charge in [0, 0.05) is 19.3 Å². The number of hydrogen-bond acceptors (Lipinski definition) is 6. The van der Waals surface area contributed by atoms with E-state index in [1.807, 2.05) is 0 Å². The molecule has 0 saturated carbocycles. The number of rotatable bonds is 60. The molecule has 0 bridgehead atoms. The predicted octanol–water partition coefficient (Wildman–Crippen LogP) is 23.3. The highest BCUT2D eigenvalue weighted by molar-refractivity contribution is 5.71. The second kappa shape index (κ2) is 68.1. The van der Waals surface area contributed by atoms with E-state index in [0.717, 1.165) is 141 Å². The smallest absolute Gasteiger partial charge is 0.306 e. The minimum absolute atomic E-state index is 0.102. The van der Waals surface area contributed by atoms with Crippen molar-refractivity contribution >= 4 is 17.9 Å². The first-order valence-electron chi connectivity index (χ1n) is 33.7. The second-order valence-electron chi connectivity index (χ2n) is 22.0. The number of esters is 3. The van der Waals surface area contributed by atoms with Crippen molar-refractivity contribution in [3.8, 4) is 0 Å². The third kappa shape index (κ3) is 66.2. The molecular formula is C75H124O6. The monoisotopic (exact) mass is 1120 g/mol. The van der Waals surface area contributed by atoms with Crippen LogP contribution in [0.4, 0.5) is 0 Å². The summed E-state index contributed by atoms with van der Waals surface area (Å²) in [5, 5.41) is 0. The lowest BCUT2D eigenvalue weighted by Crippen LogP contribution is -2.30. The lowest BCUT2D eigenvalue weighted by molar-refractivity contribution is -0.167. The van der Waals surface area contributed by atoms with Crippen molar-refractivity contribution in [3.63, 3.8) is 0 Å². The van der Waals surface area contributed by atoms with E-state index in [2.05, 4.69) is 154 Å². The predicted molar refractivity (Wildman–Crippen MR) is 353 cm³/mol. The Kier molecular flexibility index (Phi) is 64.3. The van der Waals surface area contributed by atoms with Crippen molar-refractivity contribution < 1.29 is 28.6 Å². The molecule has 0 heterocycles. The first-order chi connectivity index (χ1) is 40.0. The lowest BCUT2D eigenvalue weighted by Gasteiger charge is -2.18. The Morgan fingerprint density at radius 1 is 0.259 bits per heavy atom. The zero-order valence-corrected chi connectivity index (χ0v) is 52.8. The minimum atomic E-state index is -0.808. The number of carbonyl (C=O) groups is 3. The van der Waals surface area contributed by atoms with Crippen LogP contribution in [0.1, 0.15) is 303 Å². The summed E-state index contributed by atoms with van der Waals surface area (Å²) in [6.45, 7) is 6.39. The maximum absolute atomic E-state index is 12.9. The zero-order valence-electron chi connectivity index (χ0n) is 52.8. The lowest BCUT2D eigenvalue weighted by atomic mass is 10.0. The van der Waals surface area contributed by atoms with Crippen LogP contribution in [0.5, 0.6) is 0 Å². The highest BCUT2D eigenvalue weighted by Gasteiger charge is 2.19. The van der Waals surface area contributed by atoms with Crippen LogP contribution < -0.4 is 0 Å². The standard InChI is InChI=1S/C75H124O6/c1-4-7-10-13-16-19-22-25-28-30-32-34-35-36-37-38-39-41-42-44-47-50-53-56-59-62-65-68-74(77)80-71-72(70-79-73(76)67-64-61-58-55-52-49-46-27-24-21-18-15-12-9-6-3)81-75(78)69-66-63-60-57-54-51-48-45-43-40-33-31-29-26-23-20-17-14-11-8-5-2/h7,9-10,12,16,18-19,21,25,27-28,32,34,36-37,39,41,44,46-47,53,56,72H,4-6,8,11,13-15,17,20,22-24,26,29-31,33,35,38,40,42-43,45,48-52,54-55,57-71H2,1-3H3/b10-7-,12-9-,19-16-,21-18-,28-25-,34-32-,37-36-,41-39-,46-27-,47-44-,56-53-. The van der Waals surface area contributed by atoms with E-state index in [-0.39, 0.29) is 31.1 Å². The van der Waals surface area contributed by atoms with Gasteiger partial charge >= 0.3 is 17.9 Å². The van der Waals surface area contributed by atoms with Crippen molar-refractivity contribution in [2.75, 3.05) is 13.2 Å². The van der Waals surface area contributed by atoms with Crippen molar-refractivity contribution in [1.82, 2.24) is 0 Å². The molecule has 0 N–H and O–H groups in total. The van der Waals surface area contributed by atoms with E-state index in [4.69, 9.17) is 14.2 Å². The molecule has 0 aliphatic heterocycles. The maximum Gasteiger partial charge on any atom is 0.306 e. The Labute approximate surface area is 500 Å². The molecular weight excluding hydrogens is 997 g/mol. The van der Waals surface area contributed by atoms with Gasteiger partial charge in [-0.3, -0.25) is 14.4 Å². The van der Waals surface area contributed by atoms with Crippen LogP contribution in [0.25, 0.3) is 0 Å². The van der Waals surface area contributed by atoms with Crippen LogP contribution >= 0.6 is 0 Å². The molecule has 0 aromatic heterocycles. The summed E-state index contributed by atoms with van der Waals surface area (Å²) in [6, 6.07) is 0. The highest BCUT2D eigenvalue weighted by atomic mass is 16.6. The van der Waals surface area contributed by atoms with Gasteiger partial charge in [-0.15, -0.1) is 0 Å². The minimum Gasteiger partial charge on any atom is -0.462 e. The molecule has 0 aliphatic carbocycles. The molecule has 0 fully saturated rings. The molecule has 0 radical (unpaired) electrons. The second-order valence-corrected chi connectivity index (χ2v) is 22.0. The maximum atomic E-state index is 12.9. The van der Waals surface area contributed by atoms with Crippen molar-refractivity contribution in [2.24, 2.45) is 0 Å². The van der Waals surface area contributed by atoms with E-state index >= 15 is 0 Å². The SMILES string of the molecule is CC/C=C\C/C=C\C/C=C\C/C=C\C/C=C\C/C=C\C/C=C\C/C=C\CCCCC(=O)OCC(COC(=O)CCCCCCC/C=C\C/C=C\C/C=C\CC)OC(=O)CCCCCCCCCCCCCCCCCCCCCCC. The van der Waals surface area contributed by atoms with Crippen molar-refractivity contribution in [2.45, 2.75) is 309 Å². The van der Waals surface area contributed by atoms with Crippen LogP contribution in [-0.4, -0.2) is 37.2 Å². The zero-order chi connectivity index (χ0) is 58.5. The molecule has 0 saturated heterocycles. The molecule has 81 heavy (non-hydrogen) atoms. The average molecular weight is 1120 g/mol. The van der Waals surface area contributed by atoms with Gasteiger partial charge in [0.05, 0.1) is 0 Å². The largest absolute Gasteiger partial charge is 0.462 e. The Balaban J connectivity index is 4.45. The van der Waals surface area contributed by atoms with Crippen LogP contribution in [0.15, 0.2) is 134 Å². The number of allylic oxidation sites excluding steroid dienone is 22. The third-order valence-corrected chi connectivity index (χ3v) is 14.2. The molecule has 0 aromatic rings. The normalized spacial score (nSPS) is 13.0. The Bertz CT molecular complexity index is 1720. The molecule has 0 spiro atoms. The summed E-state index contributed by atoms with van der Waals surface area (Å²) in [7, 11) is 0. The molecule has 1 atom stereocenters. The molecule has 0 amide bonds. The topological polar surface area (TPSA) is 78.9 Å². The van der Waals surface area contributed by atoms with Gasteiger partial charge in [0.2, 0.25) is 0 Å². The number of carbonyl (C=O) groups excluding carboxylic acids is 3. The fourth-order valence-electron chi connectivity index (χ4n) is 9.18. The fraction of sp³-hybridized carbons (Fsp3) is 0.667. The molecule has 460 valence electrons. The molecule has 0 rings (SSSR count). The summed E-state index contributed by atoms with van der Waals surface area (Å²) < 4.78 is 16.9. The van der Waals surface area contributed by atoms with Gasteiger partial charge in [0.25, 0.3) is 0 Å². The quantitative estimate of drug-likeness (QED) is 0.0261. The van der Waals surface area contributed by atoms with Gasteiger partial charge in [0.1, 0.15) is 13.2 Å². The van der Waals surface area contributed by atoms with Crippen molar-refractivity contribution in [1.29, 1.82) is 0 Å². The van der Waals surface area contributed by atoms with Gasteiger partial charge in [-0.25, -0.2) is 0 Å². The fourth-order valence-corrected chi connectivity index (χ4v) is 9.18. The molecule has 6 heteroatoms. The third-order valence-electron chi connectivity index (χ3n) is 14.2. The Hall–Kier alpha value is -4.45. The van der Waals surface area contributed by atoms with E-state index < -0.39 is 6.10 Å². The van der Waals surface area contributed by atoms with Gasteiger partial charge in [-0.1, -0.05) is 302 Å². The first-order valence-corrected chi connectivity index (χ1v) is 33.7. The molecule has 0 aliphatic rings. The summed E-state index contributed by atoms with van der Waals surface area (Å²) in [4.78, 5) is 38.4. The molecule has 6 nitrogen and oxygen atoms in total. The van der Waals surface area contributed by atoms with Crippen LogP contribution in [-0.2, 0) is 28.6 Å². The van der Waals surface area contributed by atoms with Crippen LogP contribution in [0.3, 0.4) is 0 Å². The van der Waals surface area contributed by atoms with Gasteiger partial charge < -0.3 is 14.2 Å². The van der Waals surface area contributed by atoms with E-state index in [1.165, 1.54) is 116 Å². The van der Waals surface area contributed by atoms with Gasteiger partial charge in [-0.05, 0) is 116 Å². The number of unbranched alkanes of at least 4 members (excludes halogenated alkanes) is 27. The molecule has 0 aromatic carbocycles. The van der Waals surface area contributed by atoms with Crippen LogP contribution in [0.2, 0.25) is 0 Å². The summed E-state index contributed by atoms with van der Waals surface area (Å²) in [5.74, 6) is -0.955. The average Bonchev–Trinajstić information content (AvgIpc) is 3.47. The summed E-state index contributed by atoms with van der Waals surface area (Å²) >= 11 is 0. The van der Waals surface area contributed by atoms with E-state index in [1.54, 1.807) is 0 Å². The molecule has 1 unspecified atom stereocenters. The first kappa shape index (κ1) is 76.5. The summed E-state index contributed by atoms with van der Waals surface area (Å²) in [5.41, 5.74) is 0. The van der Waals surface area contributed by atoms with Gasteiger partial charge in [0.15, 0.2) is 6.10 Å². The Morgan fingerprint density at radius 3 is 0.778 bits per heavy atom. The highest BCUT2D eigenvalue weighted by Crippen LogP contribution is 2.17. The number of hydrogen-bond donors (Lipinski definition) is 0. The van der Waals surface area contributed by atoms with E-state index in [0.29, 0.717) is 25.7 Å². The van der Waals surface area contributed by atoms with Gasteiger partial charge in [-0.2, -0.15) is 0 Å². The van der Waals surface area contributed by atoms with Crippen molar-refractivity contribution in [3.05, 3.63) is 134 Å². The number of ether oxygens (including phenoxy) is 3. The summed E-state index contributed by atoms with van der Waals surface area (Å²) in [6.07, 6.45) is 96.1. The van der Waals surface area contributed by atoms with E-state index in [9.17, 15) is 14.4 Å². The Morgan fingerprint density at radius 2 is 0.481 bits per heavy atom. The van der Waals surface area contributed by atoms with Crippen LogP contribution in [0, 0.1) is 0 Å².